The van der Waals surface area contributed by atoms with Crippen LogP contribution in [0.2, 0.25) is 0 Å². The monoisotopic (exact) mass is 337 g/mol. The normalized spacial score (nSPS) is 16.7. The molecule has 24 heavy (non-hydrogen) atoms. The first-order valence-corrected chi connectivity index (χ1v) is 8.15. The van der Waals surface area contributed by atoms with E-state index in [0.29, 0.717) is 31.2 Å². The summed E-state index contributed by atoms with van der Waals surface area (Å²) < 4.78 is 21.4. The van der Waals surface area contributed by atoms with Crippen molar-refractivity contribution >= 4 is 6.03 Å². The summed E-state index contributed by atoms with van der Waals surface area (Å²) in [6.45, 7) is 5.89. The van der Waals surface area contributed by atoms with Crippen molar-refractivity contribution in [2.45, 2.75) is 0 Å². The van der Waals surface area contributed by atoms with Crippen molar-refractivity contribution in [3.8, 4) is 17.2 Å². The number of nitrogens with zero attached hydrogens (tertiary/aromatic N) is 1. The predicted octanol–water partition coefficient (Wildman–Crippen LogP) is 0.425. The Morgan fingerprint density at radius 3 is 2.79 bits per heavy atom. The number of hydrogen-bond donors (Lipinski definition) is 2. The quantitative estimate of drug-likeness (QED) is 0.702. The maximum atomic E-state index is 11.7. The maximum Gasteiger partial charge on any atom is 0.314 e. The molecule has 1 saturated heterocycles. The molecule has 0 aromatic heterocycles. The van der Waals surface area contributed by atoms with E-state index >= 15 is 0 Å². The van der Waals surface area contributed by atoms with Crippen LogP contribution in [0.1, 0.15) is 0 Å². The number of amides is 2. The fourth-order valence-electron chi connectivity index (χ4n) is 2.51. The molecular weight excluding hydrogens is 314 g/mol. The zero-order valence-corrected chi connectivity index (χ0v) is 13.6. The van der Waals surface area contributed by atoms with Gasteiger partial charge in [-0.1, -0.05) is 0 Å². The van der Waals surface area contributed by atoms with E-state index in [4.69, 9.17) is 18.9 Å². The van der Waals surface area contributed by atoms with Crippen LogP contribution in [0.3, 0.4) is 0 Å². The van der Waals surface area contributed by atoms with Crippen molar-refractivity contribution in [1.29, 1.82) is 0 Å². The summed E-state index contributed by atoms with van der Waals surface area (Å²) in [4.78, 5) is 14.0. The van der Waals surface area contributed by atoms with Crippen molar-refractivity contribution in [3.63, 3.8) is 0 Å². The van der Waals surface area contributed by atoms with E-state index in [0.717, 1.165) is 38.6 Å². The largest absolute Gasteiger partial charge is 0.492 e. The Balaban J connectivity index is 1.25. The molecule has 0 saturated carbocycles. The van der Waals surface area contributed by atoms with Gasteiger partial charge in [0, 0.05) is 32.2 Å². The first kappa shape index (κ1) is 16.7. The molecule has 2 N–H and O–H groups in total. The molecule has 1 fully saturated rings. The van der Waals surface area contributed by atoms with E-state index < -0.39 is 0 Å². The highest BCUT2D eigenvalue weighted by molar-refractivity contribution is 5.73. The summed E-state index contributed by atoms with van der Waals surface area (Å²) >= 11 is 0. The molecule has 0 bridgehead atoms. The lowest BCUT2D eigenvalue weighted by molar-refractivity contribution is 0.0387. The molecule has 0 spiro atoms. The van der Waals surface area contributed by atoms with Gasteiger partial charge in [-0.3, -0.25) is 4.90 Å². The fraction of sp³-hybridized carbons (Fsp3) is 0.562. The number of morpholine rings is 1. The third kappa shape index (κ3) is 4.90. The van der Waals surface area contributed by atoms with Crippen LogP contribution in [0.5, 0.6) is 17.2 Å². The second-order valence-corrected chi connectivity index (χ2v) is 5.50. The first-order valence-electron chi connectivity index (χ1n) is 8.15. The molecule has 1 aromatic carbocycles. The molecule has 3 rings (SSSR count). The molecule has 132 valence electrons. The molecular formula is C16H23N3O5. The fourth-order valence-corrected chi connectivity index (χ4v) is 2.51. The predicted molar refractivity (Wildman–Crippen MR) is 86.7 cm³/mol. The Labute approximate surface area is 141 Å². The number of rotatable bonds is 7. The highest BCUT2D eigenvalue weighted by Crippen LogP contribution is 2.34. The van der Waals surface area contributed by atoms with E-state index in [1.54, 1.807) is 6.07 Å². The minimum Gasteiger partial charge on any atom is -0.492 e. The lowest BCUT2D eigenvalue weighted by Gasteiger charge is -2.26. The third-order valence-corrected chi connectivity index (χ3v) is 3.82. The summed E-state index contributed by atoms with van der Waals surface area (Å²) in [6, 6.07) is 5.22. The second kappa shape index (κ2) is 8.60. The van der Waals surface area contributed by atoms with Gasteiger partial charge in [0.1, 0.15) is 12.4 Å². The van der Waals surface area contributed by atoms with E-state index in [2.05, 4.69) is 15.5 Å². The minimum atomic E-state index is -0.183. The van der Waals surface area contributed by atoms with Crippen LogP contribution >= 0.6 is 0 Å². The number of fused-ring (bicyclic) bond motifs is 1. The molecule has 2 heterocycles. The molecule has 2 amide bonds. The third-order valence-electron chi connectivity index (χ3n) is 3.82. The summed E-state index contributed by atoms with van der Waals surface area (Å²) in [6.07, 6.45) is 0. The number of urea groups is 1. The summed E-state index contributed by atoms with van der Waals surface area (Å²) in [5.41, 5.74) is 0. The number of carbonyl (C=O) groups excluding carboxylic acids is 1. The minimum absolute atomic E-state index is 0.183. The van der Waals surface area contributed by atoms with Crippen LogP contribution in [-0.4, -0.2) is 70.3 Å². The van der Waals surface area contributed by atoms with Gasteiger partial charge in [-0.25, -0.2) is 4.79 Å². The van der Waals surface area contributed by atoms with Gasteiger partial charge in [-0.2, -0.15) is 0 Å². The van der Waals surface area contributed by atoms with Gasteiger partial charge >= 0.3 is 6.03 Å². The molecule has 0 atom stereocenters. The number of benzene rings is 1. The zero-order chi connectivity index (χ0) is 16.6. The average Bonchev–Trinajstić information content (AvgIpc) is 3.07. The molecule has 0 radical (unpaired) electrons. The standard InChI is InChI=1S/C16H23N3O5/c20-16(17-3-5-19-6-9-21-10-7-19)18-4-8-22-13-1-2-14-15(11-13)24-12-23-14/h1-2,11H,3-10,12H2,(H2,17,18,20). The Morgan fingerprint density at radius 2 is 1.92 bits per heavy atom. The van der Waals surface area contributed by atoms with Gasteiger partial charge < -0.3 is 29.6 Å². The zero-order valence-electron chi connectivity index (χ0n) is 13.6. The van der Waals surface area contributed by atoms with Gasteiger partial charge in [0.25, 0.3) is 0 Å². The van der Waals surface area contributed by atoms with Crippen LogP contribution in [0.4, 0.5) is 4.79 Å². The summed E-state index contributed by atoms with van der Waals surface area (Å²) in [7, 11) is 0. The van der Waals surface area contributed by atoms with Crippen molar-refractivity contribution < 1.29 is 23.7 Å². The molecule has 1 aromatic rings. The Hall–Kier alpha value is -2.19. The maximum absolute atomic E-state index is 11.7. The number of hydrogen-bond acceptors (Lipinski definition) is 6. The molecule has 2 aliphatic heterocycles. The molecule has 8 heteroatoms. The Morgan fingerprint density at radius 1 is 1.12 bits per heavy atom. The van der Waals surface area contributed by atoms with Crippen molar-refractivity contribution in [3.05, 3.63) is 18.2 Å². The number of carbonyl (C=O) groups is 1. The van der Waals surface area contributed by atoms with Crippen LogP contribution in [0.25, 0.3) is 0 Å². The SMILES string of the molecule is O=C(NCCOc1ccc2c(c1)OCO2)NCCN1CCOCC1. The van der Waals surface area contributed by atoms with Gasteiger partial charge in [-0.05, 0) is 12.1 Å². The molecule has 0 unspecified atom stereocenters. The van der Waals surface area contributed by atoms with Crippen molar-refractivity contribution in [1.82, 2.24) is 15.5 Å². The van der Waals surface area contributed by atoms with Crippen LogP contribution in [0.15, 0.2) is 18.2 Å². The van der Waals surface area contributed by atoms with E-state index in [1.807, 2.05) is 12.1 Å². The lowest BCUT2D eigenvalue weighted by atomic mass is 10.3. The molecule has 8 nitrogen and oxygen atoms in total. The second-order valence-electron chi connectivity index (χ2n) is 5.50. The van der Waals surface area contributed by atoms with E-state index in [-0.39, 0.29) is 12.8 Å². The first-order chi connectivity index (χ1) is 11.8. The van der Waals surface area contributed by atoms with Gasteiger partial charge in [-0.15, -0.1) is 0 Å². The van der Waals surface area contributed by atoms with Crippen LogP contribution < -0.4 is 24.8 Å². The topological polar surface area (TPSA) is 81.3 Å². The highest BCUT2D eigenvalue weighted by atomic mass is 16.7. The van der Waals surface area contributed by atoms with E-state index in [9.17, 15) is 4.79 Å². The van der Waals surface area contributed by atoms with Crippen LogP contribution in [0, 0.1) is 0 Å². The number of ether oxygens (including phenoxy) is 4. The Kier molecular flexibility index (Phi) is 5.97. The Bertz CT molecular complexity index is 549. The number of nitrogens with one attached hydrogen (secondary N) is 2. The lowest BCUT2D eigenvalue weighted by Crippen LogP contribution is -2.44. The van der Waals surface area contributed by atoms with Crippen molar-refractivity contribution in [2.24, 2.45) is 0 Å². The van der Waals surface area contributed by atoms with Gasteiger partial charge in [0.15, 0.2) is 11.5 Å². The van der Waals surface area contributed by atoms with E-state index in [1.165, 1.54) is 0 Å². The van der Waals surface area contributed by atoms with Crippen LogP contribution in [-0.2, 0) is 4.74 Å². The molecule has 0 aliphatic carbocycles. The summed E-state index contributed by atoms with van der Waals surface area (Å²) in [5, 5.41) is 5.61. The smallest absolute Gasteiger partial charge is 0.314 e. The van der Waals surface area contributed by atoms with Gasteiger partial charge in [0.2, 0.25) is 6.79 Å². The molecule has 2 aliphatic rings. The summed E-state index contributed by atoms with van der Waals surface area (Å²) in [5.74, 6) is 2.09. The van der Waals surface area contributed by atoms with Crippen molar-refractivity contribution in [2.75, 3.05) is 59.3 Å². The van der Waals surface area contributed by atoms with Gasteiger partial charge in [0.05, 0.1) is 19.8 Å². The average molecular weight is 337 g/mol. The highest BCUT2D eigenvalue weighted by Gasteiger charge is 2.13.